The number of fused-ring (bicyclic) bond motifs is 1. The summed E-state index contributed by atoms with van der Waals surface area (Å²) in [5, 5.41) is 2.93. The number of hydrogen-bond donors (Lipinski definition) is 1. The first-order valence-electron chi connectivity index (χ1n) is 10.5. The van der Waals surface area contributed by atoms with Crippen molar-refractivity contribution in [1.82, 2.24) is 4.90 Å². The van der Waals surface area contributed by atoms with E-state index in [9.17, 15) is 9.59 Å². The molecular formula is C23H26N2O6. The number of hydrogen-bond acceptors (Lipinski definition) is 6. The second kappa shape index (κ2) is 9.59. The van der Waals surface area contributed by atoms with E-state index < -0.39 is 0 Å². The van der Waals surface area contributed by atoms with Crippen LogP contribution in [-0.2, 0) is 9.59 Å². The highest BCUT2D eigenvalue weighted by Gasteiger charge is 2.28. The minimum absolute atomic E-state index is 0.0483. The molecule has 2 aromatic rings. The van der Waals surface area contributed by atoms with E-state index >= 15 is 0 Å². The SMILES string of the molecule is CCOc1ccccc1OCC(=O)N1CCC(C(=O)Nc2ccc3c(c2)OCO3)CC1. The highest BCUT2D eigenvalue weighted by Crippen LogP contribution is 2.34. The van der Waals surface area contributed by atoms with Crippen molar-refractivity contribution in [2.24, 2.45) is 5.92 Å². The first-order valence-corrected chi connectivity index (χ1v) is 10.5. The summed E-state index contributed by atoms with van der Waals surface area (Å²) in [5.41, 5.74) is 0.675. The molecule has 0 atom stereocenters. The van der Waals surface area contributed by atoms with Gasteiger partial charge in [-0.05, 0) is 44.0 Å². The van der Waals surface area contributed by atoms with Crippen molar-refractivity contribution in [3.8, 4) is 23.0 Å². The zero-order chi connectivity index (χ0) is 21.6. The Balaban J connectivity index is 1.24. The number of rotatable bonds is 7. The summed E-state index contributed by atoms with van der Waals surface area (Å²) < 4.78 is 21.8. The summed E-state index contributed by atoms with van der Waals surface area (Å²) >= 11 is 0. The lowest BCUT2D eigenvalue weighted by Crippen LogP contribution is -2.43. The van der Waals surface area contributed by atoms with Crippen molar-refractivity contribution in [3.05, 3.63) is 42.5 Å². The Morgan fingerprint density at radius 1 is 1.03 bits per heavy atom. The Bertz CT molecular complexity index is 939. The third-order valence-electron chi connectivity index (χ3n) is 5.36. The summed E-state index contributed by atoms with van der Waals surface area (Å²) in [6.07, 6.45) is 1.22. The van der Waals surface area contributed by atoms with Crippen LogP contribution in [0.3, 0.4) is 0 Å². The number of amides is 2. The molecule has 8 nitrogen and oxygen atoms in total. The molecule has 0 aliphatic carbocycles. The second-order valence-corrected chi connectivity index (χ2v) is 7.38. The molecule has 1 saturated heterocycles. The molecule has 2 heterocycles. The average molecular weight is 426 g/mol. The van der Waals surface area contributed by atoms with E-state index in [2.05, 4.69) is 5.32 Å². The normalized spacial score (nSPS) is 15.5. The molecule has 1 N–H and O–H groups in total. The number of anilines is 1. The Morgan fingerprint density at radius 3 is 2.48 bits per heavy atom. The van der Waals surface area contributed by atoms with Crippen LogP contribution in [0.5, 0.6) is 23.0 Å². The van der Waals surface area contributed by atoms with Crippen LogP contribution < -0.4 is 24.3 Å². The van der Waals surface area contributed by atoms with Crippen LogP contribution in [0.25, 0.3) is 0 Å². The molecule has 2 amide bonds. The fourth-order valence-corrected chi connectivity index (χ4v) is 3.68. The molecular weight excluding hydrogens is 400 g/mol. The third-order valence-corrected chi connectivity index (χ3v) is 5.36. The number of likely N-dealkylation sites (tertiary alicyclic amines) is 1. The zero-order valence-electron chi connectivity index (χ0n) is 17.5. The van der Waals surface area contributed by atoms with Crippen molar-refractivity contribution in [2.75, 3.05) is 38.4 Å². The van der Waals surface area contributed by atoms with Crippen molar-refractivity contribution in [2.45, 2.75) is 19.8 Å². The number of benzene rings is 2. The van der Waals surface area contributed by atoms with Gasteiger partial charge in [-0.3, -0.25) is 9.59 Å². The lowest BCUT2D eigenvalue weighted by molar-refractivity contribution is -0.136. The fourth-order valence-electron chi connectivity index (χ4n) is 3.68. The molecule has 4 rings (SSSR count). The van der Waals surface area contributed by atoms with Crippen LogP contribution in [0, 0.1) is 5.92 Å². The predicted molar refractivity (Wildman–Crippen MR) is 114 cm³/mol. The van der Waals surface area contributed by atoms with Gasteiger partial charge in [0.1, 0.15) is 0 Å². The van der Waals surface area contributed by atoms with E-state index in [1.54, 1.807) is 29.2 Å². The van der Waals surface area contributed by atoms with Crippen molar-refractivity contribution < 1.29 is 28.5 Å². The Hall–Kier alpha value is -3.42. The van der Waals surface area contributed by atoms with E-state index in [-0.39, 0.29) is 31.1 Å². The average Bonchev–Trinajstić information content (AvgIpc) is 3.26. The van der Waals surface area contributed by atoms with Gasteiger partial charge in [-0.15, -0.1) is 0 Å². The summed E-state index contributed by atoms with van der Waals surface area (Å²) in [6.45, 7) is 3.60. The van der Waals surface area contributed by atoms with Crippen LogP contribution in [0.2, 0.25) is 0 Å². The van der Waals surface area contributed by atoms with Gasteiger partial charge in [-0.1, -0.05) is 12.1 Å². The number of para-hydroxylation sites is 2. The van der Waals surface area contributed by atoms with Crippen LogP contribution >= 0.6 is 0 Å². The maximum atomic E-state index is 12.6. The second-order valence-electron chi connectivity index (χ2n) is 7.38. The van der Waals surface area contributed by atoms with Crippen molar-refractivity contribution in [3.63, 3.8) is 0 Å². The summed E-state index contributed by atoms with van der Waals surface area (Å²) in [7, 11) is 0. The molecule has 164 valence electrons. The Labute approximate surface area is 181 Å². The minimum Gasteiger partial charge on any atom is -0.490 e. The van der Waals surface area contributed by atoms with E-state index in [1.165, 1.54) is 0 Å². The maximum absolute atomic E-state index is 12.6. The molecule has 8 heteroatoms. The summed E-state index contributed by atoms with van der Waals surface area (Å²) in [6, 6.07) is 12.6. The van der Waals surface area contributed by atoms with Gasteiger partial charge in [0.15, 0.2) is 29.6 Å². The van der Waals surface area contributed by atoms with Gasteiger partial charge in [0, 0.05) is 30.8 Å². The Kier molecular flexibility index (Phi) is 6.45. The standard InChI is InChI=1S/C23H26N2O6/c1-2-28-18-5-3-4-6-19(18)29-14-22(26)25-11-9-16(10-12-25)23(27)24-17-7-8-20-21(13-17)31-15-30-20/h3-8,13,16H,2,9-12,14-15H2,1H3,(H,24,27). The number of nitrogens with zero attached hydrogens (tertiary/aromatic N) is 1. The van der Waals surface area contributed by atoms with E-state index in [0.29, 0.717) is 61.2 Å². The number of ether oxygens (including phenoxy) is 4. The lowest BCUT2D eigenvalue weighted by atomic mass is 9.95. The minimum atomic E-state index is -0.144. The zero-order valence-corrected chi connectivity index (χ0v) is 17.5. The van der Waals surface area contributed by atoms with Crippen LogP contribution in [-0.4, -0.2) is 49.8 Å². The topological polar surface area (TPSA) is 86.3 Å². The highest BCUT2D eigenvalue weighted by molar-refractivity contribution is 5.93. The van der Waals surface area contributed by atoms with E-state index in [0.717, 1.165) is 0 Å². The van der Waals surface area contributed by atoms with Gasteiger partial charge < -0.3 is 29.2 Å². The third kappa shape index (κ3) is 5.02. The fraction of sp³-hybridized carbons (Fsp3) is 0.391. The van der Waals surface area contributed by atoms with Crippen LogP contribution in [0.1, 0.15) is 19.8 Å². The first kappa shape index (κ1) is 20.8. The number of carbonyl (C=O) groups excluding carboxylic acids is 2. The smallest absolute Gasteiger partial charge is 0.260 e. The van der Waals surface area contributed by atoms with E-state index in [1.807, 2.05) is 25.1 Å². The molecule has 2 aliphatic rings. The van der Waals surface area contributed by atoms with Gasteiger partial charge in [0.25, 0.3) is 5.91 Å². The molecule has 2 aliphatic heterocycles. The van der Waals surface area contributed by atoms with Gasteiger partial charge in [-0.25, -0.2) is 0 Å². The molecule has 2 aromatic carbocycles. The molecule has 0 bridgehead atoms. The first-order chi connectivity index (χ1) is 15.1. The quantitative estimate of drug-likeness (QED) is 0.732. The van der Waals surface area contributed by atoms with Crippen LogP contribution in [0.4, 0.5) is 5.69 Å². The molecule has 1 fully saturated rings. The summed E-state index contributed by atoms with van der Waals surface area (Å²) in [4.78, 5) is 26.9. The van der Waals surface area contributed by atoms with Crippen molar-refractivity contribution in [1.29, 1.82) is 0 Å². The Morgan fingerprint density at radius 2 is 1.74 bits per heavy atom. The monoisotopic (exact) mass is 426 g/mol. The maximum Gasteiger partial charge on any atom is 0.260 e. The van der Waals surface area contributed by atoms with Gasteiger partial charge >= 0.3 is 0 Å². The van der Waals surface area contributed by atoms with Gasteiger partial charge in [0.2, 0.25) is 12.7 Å². The van der Waals surface area contributed by atoms with Crippen molar-refractivity contribution >= 4 is 17.5 Å². The largest absolute Gasteiger partial charge is 0.490 e. The molecule has 0 saturated carbocycles. The van der Waals surface area contributed by atoms with Gasteiger partial charge in [0.05, 0.1) is 6.61 Å². The summed E-state index contributed by atoms with van der Waals surface area (Å²) in [5.74, 6) is 2.19. The van der Waals surface area contributed by atoms with E-state index in [4.69, 9.17) is 18.9 Å². The molecule has 0 aromatic heterocycles. The van der Waals surface area contributed by atoms with Gasteiger partial charge in [-0.2, -0.15) is 0 Å². The lowest BCUT2D eigenvalue weighted by Gasteiger charge is -2.31. The molecule has 0 radical (unpaired) electrons. The molecule has 31 heavy (non-hydrogen) atoms. The predicted octanol–water partition coefficient (Wildman–Crippen LogP) is 3.07. The highest BCUT2D eigenvalue weighted by atomic mass is 16.7. The number of piperidine rings is 1. The molecule has 0 spiro atoms. The molecule has 0 unspecified atom stereocenters. The number of carbonyl (C=O) groups is 2. The van der Waals surface area contributed by atoms with Crippen LogP contribution in [0.15, 0.2) is 42.5 Å². The number of nitrogens with one attached hydrogen (secondary N) is 1.